The second kappa shape index (κ2) is 5.71. The summed E-state index contributed by atoms with van der Waals surface area (Å²) in [6.07, 6.45) is 5.04. The number of nitrogens with one attached hydrogen (secondary N) is 1. The average Bonchev–Trinajstić information content (AvgIpc) is 2.88. The molecule has 2 aromatic rings. The van der Waals surface area contributed by atoms with E-state index < -0.39 is 4.92 Å². The molecule has 0 unspecified atom stereocenters. The van der Waals surface area contributed by atoms with Crippen molar-refractivity contribution in [3.63, 3.8) is 0 Å². The van der Waals surface area contributed by atoms with E-state index in [9.17, 15) is 10.1 Å². The molecule has 1 heterocycles. The van der Waals surface area contributed by atoms with Crippen molar-refractivity contribution in [3.05, 3.63) is 28.3 Å². The smallest absolute Gasteiger partial charge is 0.295 e. The van der Waals surface area contributed by atoms with Gasteiger partial charge in [0.15, 0.2) is 5.58 Å². The maximum atomic E-state index is 10.7. The molecule has 0 saturated heterocycles. The van der Waals surface area contributed by atoms with E-state index in [2.05, 4.69) is 17.2 Å². The maximum Gasteiger partial charge on any atom is 0.295 e. The van der Waals surface area contributed by atoms with Gasteiger partial charge in [-0.15, -0.1) is 0 Å². The molecule has 1 N–H and O–H groups in total. The Hall–Kier alpha value is -2.11. The molecule has 0 atom stereocenters. The Balaban J connectivity index is 1.66. The van der Waals surface area contributed by atoms with Gasteiger partial charge in [-0.05, 0) is 30.7 Å². The van der Waals surface area contributed by atoms with Crippen molar-refractivity contribution in [1.82, 2.24) is 4.98 Å². The molecule has 1 aromatic carbocycles. The summed E-state index contributed by atoms with van der Waals surface area (Å²) in [5.74, 6) is 1.50. The molecule has 3 rings (SSSR count). The predicted molar refractivity (Wildman–Crippen MR) is 80.3 cm³/mol. The van der Waals surface area contributed by atoms with Crippen LogP contribution in [0.15, 0.2) is 22.6 Å². The Morgan fingerprint density at radius 3 is 2.86 bits per heavy atom. The number of aromatic nitrogens is 1. The fourth-order valence-corrected chi connectivity index (χ4v) is 2.87. The Kier molecular flexibility index (Phi) is 3.77. The summed E-state index contributed by atoms with van der Waals surface area (Å²) in [6.45, 7) is 3.15. The van der Waals surface area contributed by atoms with E-state index in [4.69, 9.17) is 4.42 Å². The van der Waals surface area contributed by atoms with Crippen molar-refractivity contribution in [2.75, 3.05) is 11.9 Å². The lowest BCUT2D eigenvalue weighted by Crippen LogP contribution is -2.20. The molecule has 0 spiro atoms. The summed E-state index contributed by atoms with van der Waals surface area (Å²) >= 11 is 0. The number of nitrogens with zero attached hydrogens (tertiary/aromatic N) is 2. The number of nitro benzene ring substituents is 1. The second-order valence-electron chi connectivity index (χ2n) is 5.93. The average molecular weight is 289 g/mol. The number of anilines is 1. The van der Waals surface area contributed by atoms with E-state index in [1.54, 1.807) is 6.07 Å². The largest absolute Gasteiger partial charge is 0.423 e. The summed E-state index contributed by atoms with van der Waals surface area (Å²) in [6, 6.07) is 4.92. The SMILES string of the molecule is CC1CCC(CNc2nc3ccc([N+](=O)[O-])cc3o2)CC1. The zero-order chi connectivity index (χ0) is 14.8. The molecule has 6 nitrogen and oxygen atoms in total. The maximum absolute atomic E-state index is 10.7. The Bertz CT molecular complexity index is 645. The fraction of sp³-hybridized carbons (Fsp3) is 0.533. The van der Waals surface area contributed by atoms with Crippen LogP contribution in [0.3, 0.4) is 0 Å². The van der Waals surface area contributed by atoms with E-state index in [1.165, 1.54) is 37.8 Å². The first-order valence-electron chi connectivity index (χ1n) is 7.40. The number of hydrogen-bond acceptors (Lipinski definition) is 5. The number of benzene rings is 1. The van der Waals surface area contributed by atoms with Crippen LogP contribution >= 0.6 is 0 Å². The van der Waals surface area contributed by atoms with E-state index in [0.29, 0.717) is 23.0 Å². The summed E-state index contributed by atoms with van der Waals surface area (Å²) < 4.78 is 5.54. The van der Waals surface area contributed by atoms with Gasteiger partial charge in [0, 0.05) is 12.6 Å². The highest BCUT2D eigenvalue weighted by Gasteiger charge is 2.19. The van der Waals surface area contributed by atoms with Gasteiger partial charge in [-0.1, -0.05) is 19.8 Å². The normalized spacial score (nSPS) is 22.3. The van der Waals surface area contributed by atoms with Crippen LogP contribution in [0.1, 0.15) is 32.6 Å². The van der Waals surface area contributed by atoms with Gasteiger partial charge >= 0.3 is 0 Å². The Morgan fingerprint density at radius 2 is 2.14 bits per heavy atom. The minimum absolute atomic E-state index is 0.0199. The summed E-state index contributed by atoms with van der Waals surface area (Å²) in [5, 5.41) is 14.0. The first-order chi connectivity index (χ1) is 10.1. The molecular weight excluding hydrogens is 270 g/mol. The van der Waals surface area contributed by atoms with Gasteiger partial charge in [-0.2, -0.15) is 4.98 Å². The minimum atomic E-state index is -0.432. The van der Waals surface area contributed by atoms with Gasteiger partial charge in [0.1, 0.15) is 5.52 Å². The highest BCUT2D eigenvalue weighted by molar-refractivity contribution is 5.77. The molecule has 0 aliphatic heterocycles. The van der Waals surface area contributed by atoms with Gasteiger partial charge in [0.05, 0.1) is 11.0 Å². The summed E-state index contributed by atoms with van der Waals surface area (Å²) in [5.41, 5.74) is 1.11. The lowest BCUT2D eigenvalue weighted by Gasteiger charge is -2.25. The number of oxazole rings is 1. The summed E-state index contributed by atoms with van der Waals surface area (Å²) in [7, 11) is 0. The molecular formula is C15H19N3O3. The quantitative estimate of drug-likeness (QED) is 0.680. The molecule has 1 aromatic heterocycles. The van der Waals surface area contributed by atoms with Crippen LogP contribution in [-0.2, 0) is 0 Å². The van der Waals surface area contributed by atoms with Crippen molar-refractivity contribution in [2.45, 2.75) is 32.6 Å². The first-order valence-corrected chi connectivity index (χ1v) is 7.40. The lowest BCUT2D eigenvalue weighted by molar-refractivity contribution is -0.384. The highest BCUT2D eigenvalue weighted by atomic mass is 16.6. The number of fused-ring (bicyclic) bond motifs is 1. The Morgan fingerprint density at radius 1 is 1.38 bits per heavy atom. The molecule has 1 saturated carbocycles. The van der Waals surface area contributed by atoms with E-state index in [0.717, 1.165) is 12.5 Å². The standard InChI is InChI=1S/C15H19N3O3/c1-10-2-4-11(5-3-10)9-16-15-17-13-7-6-12(18(19)20)8-14(13)21-15/h6-8,10-11H,2-5,9H2,1H3,(H,16,17). The Labute approximate surface area is 122 Å². The van der Waals surface area contributed by atoms with E-state index >= 15 is 0 Å². The van der Waals surface area contributed by atoms with Gasteiger partial charge in [0.2, 0.25) is 0 Å². The minimum Gasteiger partial charge on any atom is -0.423 e. The molecule has 1 aliphatic rings. The van der Waals surface area contributed by atoms with Crippen LogP contribution in [-0.4, -0.2) is 16.5 Å². The zero-order valence-corrected chi connectivity index (χ0v) is 12.0. The predicted octanol–water partition coefficient (Wildman–Crippen LogP) is 3.97. The number of non-ortho nitro benzene ring substituents is 1. The van der Waals surface area contributed by atoms with Gasteiger partial charge in [0.25, 0.3) is 11.7 Å². The molecule has 21 heavy (non-hydrogen) atoms. The van der Waals surface area contributed by atoms with Gasteiger partial charge in [-0.25, -0.2) is 0 Å². The van der Waals surface area contributed by atoms with Crippen LogP contribution in [0.25, 0.3) is 11.1 Å². The molecule has 1 aliphatic carbocycles. The van der Waals surface area contributed by atoms with Crippen LogP contribution in [0.5, 0.6) is 0 Å². The van der Waals surface area contributed by atoms with Crippen molar-refractivity contribution in [1.29, 1.82) is 0 Å². The van der Waals surface area contributed by atoms with E-state index in [1.807, 2.05) is 0 Å². The number of hydrogen-bond donors (Lipinski definition) is 1. The van der Waals surface area contributed by atoms with Crippen molar-refractivity contribution in [2.24, 2.45) is 11.8 Å². The second-order valence-corrected chi connectivity index (χ2v) is 5.93. The van der Waals surface area contributed by atoms with Crippen molar-refractivity contribution >= 4 is 22.8 Å². The monoisotopic (exact) mass is 289 g/mol. The third kappa shape index (κ3) is 3.15. The highest BCUT2D eigenvalue weighted by Crippen LogP contribution is 2.29. The van der Waals surface area contributed by atoms with E-state index in [-0.39, 0.29) is 5.69 Å². The molecule has 6 heteroatoms. The van der Waals surface area contributed by atoms with Crippen molar-refractivity contribution < 1.29 is 9.34 Å². The zero-order valence-electron chi connectivity index (χ0n) is 12.0. The summed E-state index contributed by atoms with van der Waals surface area (Å²) in [4.78, 5) is 14.6. The topological polar surface area (TPSA) is 81.2 Å². The number of rotatable bonds is 4. The fourth-order valence-electron chi connectivity index (χ4n) is 2.87. The first kappa shape index (κ1) is 13.9. The van der Waals surface area contributed by atoms with Crippen molar-refractivity contribution in [3.8, 4) is 0 Å². The van der Waals surface area contributed by atoms with Crippen LogP contribution in [0.4, 0.5) is 11.7 Å². The molecule has 0 bridgehead atoms. The van der Waals surface area contributed by atoms with Crippen LogP contribution in [0.2, 0.25) is 0 Å². The molecule has 0 amide bonds. The lowest BCUT2D eigenvalue weighted by atomic mass is 9.83. The van der Waals surface area contributed by atoms with Gasteiger partial charge in [-0.3, -0.25) is 10.1 Å². The third-order valence-electron chi connectivity index (χ3n) is 4.26. The van der Waals surface area contributed by atoms with Crippen LogP contribution in [0, 0.1) is 22.0 Å². The number of nitro groups is 1. The molecule has 1 fully saturated rings. The molecule has 0 radical (unpaired) electrons. The van der Waals surface area contributed by atoms with Gasteiger partial charge < -0.3 is 9.73 Å². The third-order valence-corrected chi connectivity index (χ3v) is 4.26. The molecule has 112 valence electrons. The van der Waals surface area contributed by atoms with Crippen LogP contribution < -0.4 is 5.32 Å².